The van der Waals surface area contributed by atoms with Gasteiger partial charge >= 0.3 is 0 Å². The van der Waals surface area contributed by atoms with Gasteiger partial charge in [-0.15, -0.1) is 0 Å². The molecule has 3 unspecified atom stereocenters. The van der Waals surface area contributed by atoms with E-state index in [-0.39, 0.29) is 19.1 Å². The molecule has 8 nitrogen and oxygen atoms in total. The Bertz CT molecular complexity index is 1130. The van der Waals surface area contributed by atoms with Gasteiger partial charge in [0.2, 0.25) is 5.91 Å². The summed E-state index contributed by atoms with van der Waals surface area (Å²) in [6.07, 6.45) is 63.9. The lowest BCUT2D eigenvalue weighted by Crippen LogP contribution is -2.46. The molecule has 0 bridgehead atoms. The molecule has 0 aromatic heterocycles. The predicted molar refractivity (Wildman–Crippen MR) is 298 cm³/mol. The molecule has 0 saturated heterocycles. The Labute approximate surface area is 431 Å². The molecule has 0 heterocycles. The van der Waals surface area contributed by atoms with Gasteiger partial charge in [-0.25, -0.2) is 0 Å². The van der Waals surface area contributed by atoms with Gasteiger partial charge in [0.25, 0.3) is 7.82 Å². The molecule has 0 aliphatic carbocycles. The lowest BCUT2D eigenvalue weighted by Gasteiger charge is -2.30. The third-order valence-electron chi connectivity index (χ3n) is 14.3. The van der Waals surface area contributed by atoms with Crippen molar-refractivity contribution in [2.45, 2.75) is 328 Å². The van der Waals surface area contributed by atoms with Crippen molar-refractivity contribution in [2.24, 2.45) is 0 Å². The highest BCUT2D eigenvalue weighted by molar-refractivity contribution is 7.45. The van der Waals surface area contributed by atoms with Crippen molar-refractivity contribution in [1.82, 2.24) is 5.32 Å². The highest BCUT2D eigenvalue weighted by atomic mass is 31.2. The number of hydrogen-bond acceptors (Lipinski definition) is 6. The number of allylic oxidation sites excluding steroid dienone is 2. The van der Waals surface area contributed by atoms with Crippen LogP contribution in [0.4, 0.5) is 0 Å². The number of aliphatic hydroxyl groups is 1. The summed E-state index contributed by atoms with van der Waals surface area (Å²) in [5.74, 6) is -0.158. The lowest BCUT2D eigenvalue weighted by atomic mass is 10.0. The van der Waals surface area contributed by atoms with Crippen LogP contribution in [0.15, 0.2) is 12.2 Å². The summed E-state index contributed by atoms with van der Waals surface area (Å²) in [4.78, 5) is 25.6. The van der Waals surface area contributed by atoms with E-state index in [0.717, 1.165) is 38.5 Å². The highest BCUT2D eigenvalue weighted by Gasteiger charge is 2.24. The number of rotatable bonds is 57. The van der Waals surface area contributed by atoms with Crippen LogP contribution in [0.3, 0.4) is 0 Å². The molecule has 0 aromatic rings. The second-order valence-corrected chi connectivity index (χ2v) is 23.8. The van der Waals surface area contributed by atoms with Crippen molar-refractivity contribution in [2.75, 3.05) is 40.9 Å². The topological polar surface area (TPSA) is 108 Å². The summed E-state index contributed by atoms with van der Waals surface area (Å²) in [6.45, 7) is 4.77. The van der Waals surface area contributed by atoms with Crippen molar-refractivity contribution < 1.29 is 32.9 Å². The molecule has 0 aliphatic heterocycles. The molecular formula is C60H121N2O6P. The first-order valence-corrected chi connectivity index (χ1v) is 32.0. The Hall–Kier alpha value is -0.760. The van der Waals surface area contributed by atoms with Gasteiger partial charge in [0, 0.05) is 6.42 Å². The van der Waals surface area contributed by atoms with Crippen molar-refractivity contribution in [3.05, 3.63) is 12.2 Å². The Morgan fingerprint density at radius 3 is 1.13 bits per heavy atom. The van der Waals surface area contributed by atoms with E-state index in [2.05, 4.69) is 31.3 Å². The van der Waals surface area contributed by atoms with Crippen LogP contribution < -0.4 is 10.2 Å². The zero-order valence-corrected chi connectivity index (χ0v) is 47.9. The van der Waals surface area contributed by atoms with E-state index in [1.165, 1.54) is 250 Å². The van der Waals surface area contributed by atoms with Crippen molar-refractivity contribution in [3.8, 4) is 0 Å². The van der Waals surface area contributed by atoms with Crippen molar-refractivity contribution in [3.63, 3.8) is 0 Å². The fraction of sp³-hybridized carbons (Fsp3) is 0.950. The van der Waals surface area contributed by atoms with E-state index in [4.69, 9.17) is 9.05 Å². The zero-order valence-electron chi connectivity index (χ0n) is 47.0. The molecule has 3 atom stereocenters. The Morgan fingerprint density at radius 2 is 0.797 bits per heavy atom. The van der Waals surface area contributed by atoms with Crippen LogP contribution in [0.5, 0.6) is 0 Å². The van der Waals surface area contributed by atoms with Gasteiger partial charge in [0.15, 0.2) is 0 Å². The Balaban J connectivity index is 4.08. The number of likely N-dealkylation sites (N-methyl/N-ethyl adjacent to an activating group) is 1. The van der Waals surface area contributed by atoms with Crippen LogP contribution in [0.25, 0.3) is 0 Å². The fourth-order valence-electron chi connectivity index (χ4n) is 9.45. The number of hydrogen-bond donors (Lipinski definition) is 2. The van der Waals surface area contributed by atoms with Crippen LogP contribution in [-0.4, -0.2) is 68.5 Å². The average molecular weight is 998 g/mol. The largest absolute Gasteiger partial charge is 0.756 e. The van der Waals surface area contributed by atoms with Gasteiger partial charge < -0.3 is 28.8 Å². The molecule has 0 radical (unpaired) electrons. The van der Waals surface area contributed by atoms with Crippen molar-refractivity contribution >= 4 is 13.7 Å². The quantitative estimate of drug-likeness (QED) is 0.0272. The van der Waals surface area contributed by atoms with Crippen LogP contribution in [-0.2, 0) is 18.4 Å². The van der Waals surface area contributed by atoms with Crippen LogP contribution in [0, 0.1) is 0 Å². The first kappa shape index (κ1) is 68.2. The minimum absolute atomic E-state index is 0.0153. The molecule has 412 valence electrons. The molecule has 0 aromatic carbocycles. The molecule has 0 rings (SSSR count). The van der Waals surface area contributed by atoms with Gasteiger partial charge in [0.1, 0.15) is 13.2 Å². The van der Waals surface area contributed by atoms with Crippen molar-refractivity contribution in [1.29, 1.82) is 0 Å². The number of carbonyl (C=O) groups is 1. The highest BCUT2D eigenvalue weighted by Crippen LogP contribution is 2.38. The number of nitrogens with one attached hydrogen (secondary N) is 1. The number of aliphatic hydroxyl groups excluding tert-OH is 1. The molecule has 0 saturated carbocycles. The number of unbranched alkanes of at least 4 members (excludes halogenated alkanes) is 42. The minimum Gasteiger partial charge on any atom is -0.756 e. The van der Waals surface area contributed by atoms with E-state index in [9.17, 15) is 19.4 Å². The summed E-state index contributed by atoms with van der Waals surface area (Å²) in [6, 6.07) is -0.798. The molecule has 0 aliphatic rings. The first-order valence-electron chi connectivity index (χ1n) is 30.5. The third-order valence-corrected chi connectivity index (χ3v) is 15.2. The number of quaternary nitrogens is 1. The van der Waals surface area contributed by atoms with Gasteiger partial charge in [-0.05, 0) is 38.5 Å². The summed E-state index contributed by atoms with van der Waals surface area (Å²) in [5.41, 5.74) is 0. The van der Waals surface area contributed by atoms with Gasteiger partial charge in [-0.1, -0.05) is 283 Å². The number of phosphoric acid groups is 1. The monoisotopic (exact) mass is 997 g/mol. The zero-order chi connectivity index (χ0) is 50.6. The van der Waals surface area contributed by atoms with Gasteiger partial charge in [0.05, 0.1) is 39.9 Å². The summed E-state index contributed by atoms with van der Waals surface area (Å²) in [7, 11) is 1.32. The van der Waals surface area contributed by atoms with Gasteiger partial charge in [-0.3, -0.25) is 9.36 Å². The second-order valence-electron chi connectivity index (χ2n) is 22.4. The molecule has 1 amide bonds. The summed E-state index contributed by atoms with van der Waals surface area (Å²) in [5, 5.41) is 14.0. The molecule has 69 heavy (non-hydrogen) atoms. The normalized spacial score (nSPS) is 13.9. The minimum atomic E-state index is -4.57. The molecule has 0 spiro atoms. The van der Waals surface area contributed by atoms with E-state index in [0.29, 0.717) is 23.9 Å². The number of nitrogens with zero attached hydrogens (tertiary/aromatic N) is 1. The Kier molecular flexibility index (Phi) is 51.5. The summed E-state index contributed by atoms with van der Waals surface area (Å²) < 4.78 is 23.5. The Morgan fingerprint density at radius 1 is 0.493 bits per heavy atom. The van der Waals surface area contributed by atoms with E-state index in [1.807, 2.05) is 21.1 Å². The SMILES string of the molecule is CCCCCCCCCC/C=C\CCCCCCCCCCCCCCCCCC(=O)NC(COP(=O)([O-])OCC[N+](C)(C)C)C(O)CCCCCCCCCCCCCCCCCCCCCC. The number of carbonyl (C=O) groups excluding carboxylic acids is 1. The lowest BCUT2D eigenvalue weighted by molar-refractivity contribution is -0.870. The number of phosphoric ester groups is 1. The predicted octanol–water partition coefficient (Wildman–Crippen LogP) is 18.0. The molecule has 2 N–H and O–H groups in total. The van der Waals surface area contributed by atoms with Crippen LogP contribution in [0.2, 0.25) is 0 Å². The van der Waals surface area contributed by atoms with E-state index in [1.54, 1.807) is 0 Å². The second kappa shape index (κ2) is 52.1. The van der Waals surface area contributed by atoms with Crippen LogP contribution in [0.1, 0.15) is 316 Å². The maximum absolute atomic E-state index is 13.0. The first-order chi connectivity index (χ1) is 33.5. The summed E-state index contributed by atoms with van der Waals surface area (Å²) >= 11 is 0. The fourth-order valence-corrected chi connectivity index (χ4v) is 10.2. The van der Waals surface area contributed by atoms with Crippen LogP contribution >= 0.6 is 7.82 Å². The average Bonchev–Trinajstić information content (AvgIpc) is 3.31. The van der Waals surface area contributed by atoms with E-state index < -0.39 is 20.0 Å². The smallest absolute Gasteiger partial charge is 0.268 e. The molecule has 9 heteroatoms. The number of amides is 1. The van der Waals surface area contributed by atoms with Gasteiger partial charge in [-0.2, -0.15) is 0 Å². The third kappa shape index (κ3) is 54.8. The van der Waals surface area contributed by atoms with E-state index >= 15 is 0 Å². The maximum Gasteiger partial charge on any atom is 0.268 e. The maximum atomic E-state index is 13.0. The standard InChI is InChI=1S/C60H121N2O6P/c1-6-8-10-12-14-16-18-20-22-24-26-28-29-30-31-32-33-34-36-38-40-42-44-46-48-50-52-54-60(64)61-58(57-68-69(65,66)67-56-55-62(3,4)5)59(63)53-51-49-47-45-43-41-39-37-35-27-25-23-21-19-17-15-13-11-9-7-2/h24,26,58-59,63H,6-23,25,27-57H2,1-5H3,(H-,61,64,65,66)/b26-24-. The molecular weight excluding hydrogens is 876 g/mol. The molecule has 0 fully saturated rings.